The summed E-state index contributed by atoms with van der Waals surface area (Å²) in [6.45, 7) is 5.50. The number of rotatable bonds is 2. The summed E-state index contributed by atoms with van der Waals surface area (Å²) in [5.41, 5.74) is 7.35. The van der Waals surface area contributed by atoms with Gasteiger partial charge >= 0.3 is 0 Å². The molecule has 0 atom stereocenters. The minimum absolute atomic E-state index is 0.332. The van der Waals surface area contributed by atoms with Crippen molar-refractivity contribution in [3.05, 3.63) is 47.5 Å². The summed E-state index contributed by atoms with van der Waals surface area (Å²) >= 11 is 0. The average molecular weight is 233 g/mol. The zero-order chi connectivity index (χ0) is 12.6. The van der Waals surface area contributed by atoms with Crippen LogP contribution in [0.15, 0.2) is 24.8 Å². The first-order valence-corrected chi connectivity index (χ1v) is 5.41. The second-order valence-electron chi connectivity index (χ2n) is 3.91. The lowest BCUT2D eigenvalue weighted by Crippen LogP contribution is -1.97. The lowest BCUT2D eigenvalue weighted by molar-refractivity contribution is 0.590. The summed E-state index contributed by atoms with van der Waals surface area (Å²) in [4.78, 5) is 0. The number of benzene rings is 2. The van der Waals surface area contributed by atoms with Gasteiger partial charge in [-0.25, -0.2) is 8.78 Å². The Kier molecular flexibility index (Phi) is 2.84. The predicted molar refractivity (Wildman–Crippen MR) is 67.7 cm³/mol. The van der Waals surface area contributed by atoms with Gasteiger partial charge in [-0.3, -0.25) is 0 Å². The van der Waals surface area contributed by atoms with E-state index in [9.17, 15) is 8.78 Å². The molecule has 0 bridgehead atoms. The third-order valence-corrected chi connectivity index (χ3v) is 2.86. The lowest BCUT2D eigenvalue weighted by Gasteiger charge is -2.11. The van der Waals surface area contributed by atoms with Crippen molar-refractivity contribution in [1.82, 2.24) is 0 Å². The molecule has 0 unspecified atom stereocenters. The molecule has 88 valence electrons. The van der Waals surface area contributed by atoms with Gasteiger partial charge in [0.2, 0.25) is 0 Å². The minimum Gasteiger partial charge on any atom is -0.399 e. The SMILES string of the molecule is C=Cc1c(F)cc(F)c2cc(N)cc(CC)c12. The monoisotopic (exact) mass is 233 g/mol. The number of anilines is 1. The van der Waals surface area contributed by atoms with Crippen LogP contribution in [0.25, 0.3) is 16.8 Å². The van der Waals surface area contributed by atoms with Gasteiger partial charge in [0.15, 0.2) is 0 Å². The number of hydrogen-bond acceptors (Lipinski definition) is 1. The molecule has 0 radical (unpaired) electrons. The number of halogens is 2. The van der Waals surface area contributed by atoms with E-state index in [1.807, 2.05) is 6.92 Å². The second kappa shape index (κ2) is 4.17. The smallest absolute Gasteiger partial charge is 0.134 e. The fourth-order valence-electron chi connectivity index (χ4n) is 2.10. The van der Waals surface area contributed by atoms with Gasteiger partial charge in [0.25, 0.3) is 0 Å². The Bertz CT molecular complexity index is 603. The summed E-state index contributed by atoms with van der Waals surface area (Å²) in [6, 6.07) is 4.14. The standard InChI is InChI=1S/C14H13F2N/c1-3-8-5-9(17)6-11-13(16)7-12(15)10(4-2)14(8)11/h4-7H,2-3,17H2,1H3. The van der Waals surface area contributed by atoms with Gasteiger partial charge in [0.05, 0.1) is 0 Å². The zero-order valence-corrected chi connectivity index (χ0v) is 9.56. The fraction of sp³-hybridized carbons (Fsp3) is 0.143. The van der Waals surface area contributed by atoms with Crippen molar-refractivity contribution in [3.63, 3.8) is 0 Å². The van der Waals surface area contributed by atoms with Crippen LogP contribution in [0.2, 0.25) is 0 Å². The van der Waals surface area contributed by atoms with Crippen molar-refractivity contribution in [3.8, 4) is 0 Å². The molecule has 2 N–H and O–H groups in total. The number of fused-ring (bicyclic) bond motifs is 1. The van der Waals surface area contributed by atoms with E-state index in [0.717, 1.165) is 11.6 Å². The third-order valence-electron chi connectivity index (χ3n) is 2.86. The van der Waals surface area contributed by atoms with E-state index in [0.29, 0.717) is 28.4 Å². The highest BCUT2D eigenvalue weighted by molar-refractivity contribution is 5.95. The largest absolute Gasteiger partial charge is 0.399 e. The van der Waals surface area contributed by atoms with Crippen molar-refractivity contribution >= 4 is 22.5 Å². The van der Waals surface area contributed by atoms with Gasteiger partial charge in [-0.15, -0.1) is 0 Å². The highest BCUT2D eigenvalue weighted by Crippen LogP contribution is 2.31. The number of hydrogen-bond donors (Lipinski definition) is 1. The van der Waals surface area contributed by atoms with Gasteiger partial charge in [-0.05, 0) is 29.5 Å². The van der Waals surface area contributed by atoms with E-state index < -0.39 is 11.6 Å². The molecule has 0 spiro atoms. The Hall–Kier alpha value is -1.90. The fourth-order valence-corrected chi connectivity index (χ4v) is 2.10. The quantitative estimate of drug-likeness (QED) is 0.782. The van der Waals surface area contributed by atoms with Crippen LogP contribution >= 0.6 is 0 Å². The Balaban J connectivity index is 3.03. The molecule has 17 heavy (non-hydrogen) atoms. The Morgan fingerprint density at radius 2 is 1.94 bits per heavy atom. The Morgan fingerprint density at radius 1 is 1.24 bits per heavy atom. The maximum atomic E-state index is 13.7. The normalized spacial score (nSPS) is 10.8. The van der Waals surface area contributed by atoms with Crippen molar-refractivity contribution < 1.29 is 8.78 Å². The summed E-state index contributed by atoms with van der Waals surface area (Å²) in [7, 11) is 0. The molecular formula is C14H13F2N. The molecule has 0 fully saturated rings. The molecule has 0 aliphatic rings. The van der Waals surface area contributed by atoms with Crippen LogP contribution < -0.4 is 5.73 Å². The predicted octanol–water partition coefficient (Wildman–Crippen LogP) is 3.91. The summed E-state index contributed by atoms with van der Waals surface area (Å²) < 4.78 is 27.4. The average Bonchev–Trinajstić information content (AvgIpc) is 2.29. The zero-order valence-electron chi connectivity index (χ0n) is 9.56. The van der Waals surface area contributed by atoms with Gasteiger partial charge in [-0.2, -0.15) is 0 Å². The van der Waals surface area contributed by atoms with Crippen LogP contribution in [0, 0.1) is 11.6 Å². The van der Waals surface area contributed by atoms with E-state index in [2.05, 4.69) is 6.58 Å². The molecule has 2 rings (SSSR count). The molecular weight excluding hydrogens is 220 g/mol. The first-order valence-electron chi connectivity index (χ1n) is 5.41. The molecule has 0 aliphatic heterocycles. The molecule has 0 amide bonds. The van der Waals surface area contributed by atoms with Gasteiger partial charge in [0.1, 0.15) is 11.6 Å². The van der Waals surface area contributed by atoms with Crippen LogP contribution in [-0.4, -0.2) is 0 Å². The van der Waals surface area contributed by atoms with E-state index in [1.54, 1.807) is 6.07 Å². The lowest BCUT2D eigenvalue weighted by atomic mass is 9.96. The third kappa shape index (κ3) is 1.78. The van der Waals surface area contributed by atoms with E-state index in [1.165, 1.54) is 12.1 Å². The van der Waals surface area contributed by atoms with Crippen LogP contribution in [0.5, 0.6) is 0 Å². The van der Waals surface area contributed by atoms with Gasteiger partial charge < -0.3 is 5.73 Å². The molecule has 3 heteroatoms. The molecule has 0 saturated heterocycles. The molecule has 0 heterocycles. The topological polar surface area (TPSA) is 26.0 Å². The highest BCUT2D eigenvalue weighted by atomic mass is 19.1. The minimum atomic E-state index is -0.593. The number of aryl methyl sites for hydroxylation is 1. The van der Waals surface area contributed by atoms with Crippen LogP contribution in [-0.2, 0) is 6.42 Å². The number of nitrogens with two attached hydrogens (primary N) is 1. The van der Waals surface area contributed by atoms with Gasteiger partial charge in [0, 0.05) is 22.7 Å². The maximum Gasteiger partial charge on any atom is 0.134 e. The molecule has 1 nitrogen and oxygen atoms in total. The first kappa shape index (κ1) is 11.6. The molecule has 0 aromatic heterocycles. The first-order chi connectivity index (χ1) is 8.08. The van der Waals surface area contributed by atoms with Crippen molar-refractivity contribution in [2.24, 2.45) is 0 Å². The number of nitrogen functional groups attached to an aromatic ring is 1. The van der Waals surface area contributed by atoms with Gasteiger partial charge in [-0.1, -0.05) is 19.6 Å². The Morgan fingerprint density at radius 3 is 2.53 bits per heavy atom. The summed E-state index contributed by atoms with van der Waals surface area (Å²) in [5, 5.41) is 0.910. The van der Waals surface area contributed by atoms with Crippen molar-refractivity contribution in [2.45, 2.75) is 13.3 Å². The highest BCUT2D eigenvalue weighted by Gasteiger charge is 2.13. The van der Waals surface area contributed by atoms with Crippen LogP contribution in [0.3, 0.4) is 0 Å². The maximum absolute atomic E-state index is 13.7. The molecule has 0 saturated carbocycles. The van der Waals surface area contributed by atoms with Crippen molar-refractivity contribution in [1.29, 1.82) is 0 Å². The van der Waals surface area contributed by atoms with Crippen molar-refractivity contribution in [2.75, 3.05) is 5.73 Å². The van der Waals surface area contributed by atoms with E-state index in [4.69, 9.17) is 5.73 Å². The second-order valence-corrected chi connectivity index (χ2v) is 3.91. The molecule has 0 aliphatic carbocycles. The Labute approximate surface area is 98.6 Å². The van der Waals surface area contributed by atoms with E-state index in [-0.39, 0.29) is 0 Å². The summed E-state index contributed by atoms with van der Waals surface area (Å²) in [5.74, 6) is -1.19. The van der Waals surface area contributed by atoms with Crippen LogP contribution in [0.4, 0.5) is 14.5 Å². The van der Waals surface area contributed by atoms with E-state index >= 15 is 0 Å². The van der Waals surface area contributed by atoms with Crippen LogP contribution in [0.1, 0.15) is 18.1 Å². The molecule has 2 aromatic rings. The summed E-state index contributed by atoms with van der Waals surface area (Å²) in [6.07, 6.45) is 2.07. The molecule has 2 aromatic carbocycles.